The molecule has 1 nitrogen and oxygen atoms in total. The van der Waals surface area contributed by atoms with Crippen LogP contribution in [0.15, 0.2) is 29.6 Å². The van der Waals surface area contributed by atoms with Crippen LogP contribution < -0.4 is 5.32 Å². The van der Waals surface area contributed by atoms with Crippen LogP contribution in [0.2, 0.25) is 0 Å². The maximum atomic E-state index is 3.39. The molecule has 0 spiro atoms. The summed E-state index contributed by atoms with van der Waals surface area (Å²) in [6.07, 6.45) is 2.02. The molecule has 0 radical (unpaired) electrons. The third kappa shape index (κ3) is 2.69. The van der Waals surface area contributed by atoms with E-state index in [1.807, 2.05) is 25.3 Å². The quantitative estimate of drug-likeness (QED) is 0.801. The summed E-state index contributed by atoms with van der Waals surface area (Å²) in [6, 6.07) is 9.00. The van der Waals surface area contributed by atoms with Gasteiger partial charge < -0.3 is 5.32 Å². The molecule has 0 amide bonds. The molecule has 2 rings (SSSR count). The number of hydrogen-bond donors (Lipinski definition) is 1. The summed E-state index contributed by atoms with van der Waals surface area (Å²) in [5.41, 5.74) is 1.41. The normalized spacial score (nSPS) is 12.1. The second-order valence-corrected chi connectivity index (χ2v) is 4.91. The van der Waals surface area contributed by atoms with Crippen LogP contribution >= 0.6 is 11.3 Å². The molecule has 1 atom stereocenters. The molecule has 2 aromatic rings. The second-order valence-electron chi connectivity index (χ2n) is 3.99. The number of benzene rings is 1. The maximum absolute atomic E-state index is 3.39. The third-order valence-electron chi connectivity index (χ3n) is 2.97. The van der Waals surface area contributed by atoms with E-state index in [9.17, 15) is 0 Å². The lowest BCUT2D eigenvalue weighted by molar-refractivity contribution is 0.563. The Bertz CT molecular complexity index is 545. The summed E-state index contributed by atoms with van der Waals surface area (Å²) in [7, 11) is 2.02. The first-order valence-corrected chi connectivity index (χ1v) is 6.77. The first kappa shape index (κ1) is 12.2. The minimum atomic E-state index is 0.409. The van der Waals surface area contributed by atoms with E-state index in [0.29, 0.717) is 6.04 Å². The lowest BCUT2D eigenvalue weighted by Gasteiger charge is -2.14. The summed E-state index contributed by atoms with van der Waals surface area (Å²) in [4.78, 5) is 0. The molecule has 0 saturated carbocycles. The molecule has 17 heavy (non-hydrogen) atoms. The lowest BCUT2D eigenvalue weighted by Crippen LogP contribution is -2.15. The highest BCUT2D eigenvalue weighted by Gasteiger charge is 2.12. The summed E-state index contributed by atoms with van der Waals surface area (Å²) in [6.45, 7) is 1.90. The van der Waals surface area contributed by atoms with Gasteiger partial charge >= 0.3 is 0 Å². The minimum absolute atomic E-state index is 0.409. The van der Waals surface area contributed by atoms with Crippen molar-refractivity contribution in [2.45, 2.75) is 25.8 Å². The van der Waals surface area contributed by atoms with Crippen LogP contribution in [0.4, 0.5) is 0 Å². The van der Waals surface area contributed by atoms with Gasteiger partial charge in [-0.3, -0.25) is 0 Å². The Labute approximate surface area is 107 Å². The van der Waals surface area contributed by atoms with Crippen molar-refractivity contribution in [3.63, 3.8) is 0 Å². The molecule has 0 aliphatic carbocycles. The van der Waals surface area contributed by atoms with Gasteiger partial charge in [0.15, 0.2) is 0 Å². The van der Waals surface area contributed by atoms with E-state index in [4.69, 9.17) is 0 Å². The first-order chi connectivity index (χ1) is 8.36. The molecule has 0 aliphatic heterocycles. The average molecular weight is 243 g/mol. The number of rotatable bonds is 4. The summed E-state index contributed by atoms with van der Waals surface area (Å²) in [5, 5.41) is 7.04. The van der Waals surface area contributed by atoms with Gasteiger partial charge in [-0.25, -0.2) is 0 Å². The van der Waals surface area contributed by atoms with Crippen LogP contribution in [0.3, 0.4) is 0 Å². The van der Waals surface area contributed by atoms with Crippen LogP contribution in [0.1, 0.15) is 31.4 Å². The molecule has 0 aliphatic rings. The van der Waals surface area contributed by atoms with Gasteiger partial charge in [0, 0.05) is 17.2 Å². The van der Waals surface area contributed by atoms with Crippen molar-refractivity contribution in [2.75, 3.05) is 7.05 Å². The highest BCUT2D eigenvalue weighted by atomic mass is 32.1. The van der Waals surface area contributed by atoms with Gasteiger partial charge in [0.25, 0.3) is 0 Å². The third-order valence-corrected chi connectivity index (χ3v) is 3.95. The van der Waals surface area contributed by atoms with Crippen LogP contribution in [0.25, 0.3) is 10.1 Å². The molecule has 1 unspecified atom stereocenters. The molecular formula is C15H17NS. The molecule has 1 N–H and O–H groups in total. The zero-order valence-corrected chi connectivity index (χ0v) is 11.1. The molecule has 0 fully saturated rings. The Morgan fingerprint density at radius 3 is 2.94 bits per heavy atom. The second kappa shape index (κ2) is 5.86. The van der Waals surface area contributed by atoms with E-state index in [1.165, 1.54) is 15.6 Å². The van der Waals surface area contributed by atoms with Crippen molar-refractivity contribution in [1.29, 1.82) is 0 Å². The maximum Gasteiger partial charge on any atom is 0.0346 e. The van der Waals surface area contributed by atoms with Gasteiger partial charge in [-0.1, -0.05) is 18.2 Å². The molecule has 2 heteroatoms. The average Bonchev–Trinajstić information content (AvgIpc) is 2.79. The van der Waals surface area contributed by atoms with Crippen LogP contribution in [0.5, 0.6) is 0 Å². The van der Waals surface area contributed by atoms with E-state index in [0.717, 1.165) is 12.8 Å². The molecule has 88 valence electrons. The Kier molecular flexibility index (Phi) is 4.19. The molecular weight excluding hydrogens is 226 g/mol. The fourth-order valence-electron chi connectivity index (χ4n) is 2.07. The van der Waals surface area contributed by atoms with Crippen molar-refractivity contribution < 1.29 is 0 Å². The Balaban J connectivity index is 2.25. The monoisotopic (exact) mass is 243 g/mol. The fourth-order valence-corrected chi connectivity index (χ4v) is 3.08. The van der Waals surface area contributed by atoms with Crippen LogP contribution in [-0.2, 0) is 0 Å². The summed E-state index contributed by atoms with van der Waals surface area (Å²) in [5.74, 6) is 6.09. The molecule has 1 heterocycles. The summed E-state index contributed by atoms with van der Waals surface area (Å²) >= 11 is 1.82. The fraction of sp³-hybridized carbons (Fsp3) is 0.333. The topological polar surface area (TPSA) is 12.0 Å². The van der Waals surface area contributed by atoms with Crippen molar-refractivity contribution in [3.05, 3.63) is 35.2 Å². The van der Waals surface area contributed by atoms with Gasteiger partial charge in [0.1, 0.15) is 0 Å². The SMILES string of the molecule is CC#CCCC(NC)c1csc2ccccc12. The van der Waals surface area contributed by atoms with Gasteiger partial charge in [-0.15, -0.1) is 23.2 Å². The zero-order valence-electron chi connectivity index (χ0n) is 10.3. The predicted molar refractivity (Wildman–Crippen MR) is 76.3 cm³/mol. The van der Waals surface area contributed by atoms with E-state index < -0.39 is 0 Å². The number of thiophene rings is 1. The van der Waals surface area contributed by atoms with Crippen LogP contribution in [-0.4, -0.2) is 7.05 Å². The van der Waals surface area contributed by atoms with Gasteiger partial charge in [0.05, 0.1) is 0 Å². The van der Waals surface area contributed by atoms with E-state index in [1.54, 1.807) is 0 Å². The van der Waals surface area contributed by atoms with E-state index >= 15 is 0 Å². The standard InChI is InChI=1S/C15H17NS/c1-3-4-5-9-14(16-2)13-11-17-15-10-7-6-8-12(13)15/h6-8,10-11,14,16H,5,9H2,1-2H3. The first-order valence-electron chi connectivity index (χ1n) is 5.90. The molecule has 0 saturated heterocycles. The number of fused-ring (bicyclic) bond motifs is 1. The number of hydrogen-bond acceptors (Lipinski definition) is 2. The Morgan fingerprint density at radius 2 is 2.18 bits per heavy atom. The molecule has 1 aromatic carbocycles. The lowest BCUT2D eigenvalue weighted by atomic mass is 10.0. The Morgan fingerprint density at radius 1 is 1.35 bits per heavy atom. The summed E-state index contributed by atoms with van der Waals surface area (Å²) < 4.78 is 1.37. The predicted octanol–water partition coefficient (Wildman–Crippen LogP) is 3.97. The van der Waals surface area contributed by atoms with Gasteiger partial charge in [-0.2, -0.15) is 0 Å². The smallest absolute Gasteiger partial charge is 0.0346 e. The molecule has 1 aromatic heterocycles. The van der Waals surface area contributed by atoms with Gasteiger partial charge in [-0.05, 0) is 42.8 Å². The van der Waals surface area contributed by atoms with Crippen molar-refractivity contribution in [2.24, 2.45) is 0 Å². The highest BCUT2D eigenvalue weighted by Crippen LogP contribution is 2.31. The van der Waals surface area contributed by atoms with Crippen molar-refractivity contribution >= 4 is 21.4 Å². The van der Waals surface area contributed by atoms with Crippen molar-refractivity contribution in [3.8, 4) is 11.8 Å². The minimum Gasteiger partial charge on any atom is -0.313 e. The van der Waals surface area contributed by atoms with E-state index in [-0.39, 0.29) is 0 Å². The number of nitrogens with one attached hydrogen (secondary N) is 1. The largest absolute Gasteiger partial charge is 0.313 e. The Hall–Kier alpha value is -1.30. The van der Waals surface area contributed by atoms with Gasteiger partial charge in [0.2, 0.25) is 0 Å². The van der Waals surface area contributed by atoms with E-state index in [2.05, 4.69) is 46.8 Å². The zero-order chi connectivity index (χ0) is 12.1. The van der Waals surface area contributed by atoms with Crippen molar-refractivity contribution in [1.82, 2.24) is 5.32 Å². The highest BCUT2D eigenvalue weighted by molar-refractivity contribution is 7.17. The van der Waals surface area contributed by atoms with Crippen LogP contribution in [0, 0.1) is 11.8 Å². The molecule has 0 bridgehead atoms.